The van der Waals surface area contributed by atoms with Gasteiger partial charge < -0.3 is 5.73 Å². The van der Waals surface area contributed by atoms with Crippen LogP contribution < -0.4 is 5.73 Å². The first-order valence-electron chi connectivity index (χ1n) is 5.83. The van der Waals surface area contributed by atoms with Crippen molar-refractivity contribution in [3.8, 4) is 0 Å². The van der Waals surface area contributed by atoms with E-state index >= 15 is 0 Å². The number of benzene rings is 1. The van der Waals surface area contributed by atoms with Gasteiger partial charge in [-0.1, -0.05) is 30.3 Å². The van der Waals surface area contributed by atoms with Crippen LogP contribution in [0.25, 0.3) is 0 Å². The summed E-state index contributed by atoms with van der Waals surface area (Å²) in [6, 6.07) is 12.9. The van der Waals surface area contributed by atoms with Crippen LogP contribution in [0.3, 0.4) is 0 Å². The molecule has 0 aliphatic carbocycles. The van der Waals surface area contributed by atoms with Crippen LogP contribution in [0.2, 0.25) is 0 Å². The molecule has 2 rings (SSSR count). The van der Waals surface area contributed by atoms with Gasteiger partial charge in [-0.05, 0) is 17.7 Å². The fraction of sp³-hybridized carbons (Fsp3) is 0.231. The Morgan fingerprint density at radius 1 is 1.16 bits per heavy atom. The van der Waals surface area contributed by atoms with E-state index in [4.69, 9.17) is 5.73 Å². The molecular formula is C13H16N2O2S2. The molecule has 102 valence electrons. The molecule has 0 atom stereocenters. The van der Waals surface area contributed by atoms with E-state index in [-0.39, 0.29) is 0 Å². The number of thiophene rings is 1. The van der Waals surface area contributed by atoms with Gasteiger partial charge in [0.1, 0.15) is 4.21 Å². The summed E-state index contributed by atoms with van der Waals surface area (Å²) in [5, 5.41) is 0. The monoisotopic (exact) mass is 296 g/mol. The fourth-order valence-corrected chi connectivity index (χ4v) is 4.29. The lowest BCUT2D eigenvalue weighted by molar-refractivity contribution is 0.468. The summed E-state index contributed by atoms with van der Waals surface area (Å²) in [6.45, 7) is 0.724. The summed E-state index contributed by atoms with van der Waals surface area (Å²) in [7, 11) is -1.84. The Labute approximate surface area is 117 Å². The van der Waals surface area contributed by atoms with Crippen LogP contribution in [0.4, 0.5) is 0 Å². The first kappa shape index (κ1) is 14.2. The van der Waals surface area contributed by atoms with Gasteiger partial charge >= 0.3 is 0 Å². The highest BCUT2D eigenvalue weighted by Crippen LogP contribution is 2.24. The van der Waals surface area contributed by atoms with Gasteiger partial charge in [-0.3, -0.25) is 0 Å². The molecule has 0 radical (unpaired) electrons. The predicted molar refractivity (Wildman–Crippen MR) is 77.3 cm³/mol. The topological polar surface area (TPSA) is 63.4 Å². The molecule has 2 N–H and O–H groups in total. The molecule has 0 bridgehead atoms. The Kier molecular flexibility index (Phi) is 4.36. The van der Waals surface area contributed by atoms with Crippen LogP contribution >= 0.6 is 11.3 Å². The van der Waals surface area contributed by atoms with E-state index in [9.17, 15) is 8.42 Å². The molecule has 19 heavy (non-hydrogen) atoms. The third-order valence-corrected chi connectivity index (χ3v) is 6.13. The highest BCUT2D eigenvalue weighted by Gasteiger charge is 2.22. The van der Waals surface area contributed by atoms with Crippen molar-refractivity contribution in [2.24, 2.45) is 5.73 Å². The summed E-state index contributed by atoms with van der Waals surface area (Å²) in [4.78, 5) is 0.867. The van der Waals surface area contributed by atoms with E-state index in [0.29, 0.717) is 17.3 Å². The van der Waals surface area contributed by atoms with Gasteiger partial charge in [-0.15, -0.1) is 11.3 Å². The zero-order valence-electron chi connectivity index (χ0n) is 10.6. The summed E-state index contributed by atoms with van der Waals surface area (Å²) >= 11 is 1.22. The average Bonchev–Trinajstić information content (AvgIpc) is 2.89. The van der Waals surface area contributed by atoms with E-state index in [0.717, 1.165) is 10.4 Å². The molecule has 6 heteroatoms. The third kappa shape index (κ3) is 3.22. The van der Waals surface area contributed by atoms with Crippen molar-refractivity contribution < 1.29 is 8.42 Å². The Morgan fingerprint density at radius 3 is 2.42 bits per heavy atom. The second-order valence-electron chi connectivity index (χ2n) is 4.17. The molecule has 2 aromatic rings. The van der Waals surface area contributed by atoms with Crippen LogP contribution in [0.15, 0.2) is 46.7 Å². The standard InChI is InChI=1S/C13H16N2O2S2/c1-15(10-11-5-3-2-4-6-11)19(16,17)13-8-7-12(9-14)18-13/h2-8H,9-10,14H2,1H3. The van der Waals surface area contributed by atoms with Crippen molar-refractivity contribution in [3.63, 3.8) is 0 Å². The van der Waals surface area contributed by atoms with Crippen LogP contribution in [0.1, 0.15) is 10.4 Å². The number of hydrogen-bond acceptors (Lipinski definition) is 4. The minimum absolute atomic E-state index is 0.339. The zero-order valence-corrected chi connectivity index (χ0v) is 12.2. The van der Waals surface area contributed by atoms with Crippen LogP contribution in [-0.4, -0.2) is 19.8 Å². The number of rotatable bonds is 5. The minimum atomic E-state index is -3.43. The van der Waals surface area contributed by atoms with Crippen molar-refractivity contribution in [1.29, 1.82) is 0 Å². The molecule has 0 fully saturated rings. The van der Waals surface area contributed by atoms with E-state index in [1.807, 2.05) is 30.3 Å². The Bertz CT molecular complexity index is 636. The lowest BCUT2D eigenvalue weighted by Crippen LogP contribution is -2.25. The zero-order chi connectivity index (χ0) is 13.9. The van der Waals surface area contributed by atoms with Gasteiger partial charge in [0.15, 0.2) is 0 Å². The van der Waals surface area contributed by atoms with E-state index in [1.54, 1.807) is 19.2 Å². The van der Waals surface area contributed by atoms with Gasteiger partial charge in [0.25, 0.3) is 10.0 Å². The largest absolute Gasteiger partial charge is 0.326 e. The Morgan fingerprint density at radius 2 is 1.84 bits per heavy atom. The summed E-state index contributed by atoms with van der Waals surface area (Å²) in [6.07, 6.45) is 0. The normalized spacial score (nSPS) is 11.9. The number of nitrogens with zero attached hydrogens (tertiary/aromatic N) is 1. The summed E-state index contributed by atoms with van der Waals surface area (Å²) in [5.74, 6) is 0. The van der Waals surface area contributed by atoms with Crippen molar-refractivity contribution in [2.45, 2.75) is 17.3 Å². The maximum atomic E-state index is 12.4. The van der Waals surface area contributed by atoms with Crippen molar-refractivity contribution in [3.05, 3.63) is 52.9 Å². The molecule has 0 unspecified atom stereocenters. The maximum Gasteiger partial charge on any atom is 0.252 e. The molecule has 0 spiro atoms. The minimum Gasteiger partial charge on any atom is -0.326 e. The van der Waals surface area contributed by atoms with Gasteiger partial charge in [0.2, 0.25) is 0 Å². The lowest BCUT2D eigenvalue weighted by atomic mass is 10.2. The fourth-order valence-electron chi connectivity index (χ4n) is 1.69. The van der Waals surface area contributed by atoms with Gasteiger partial charge in [0.05, 0.1) is 0 Å². The molecule has 0 aliphatic heterocycles. The first-order valence-corrected chi connectivity index (χ1v) is 8.09. The lowest BCUT2D eigenvalue weighted by Gasteiger charge is -2.15. The predicted octanol–water partition coefficient (Wildman–Crippen LogP) is 2.03. The van der Waals surface area contributed by atoms with E-state index < -0.39 is 10.0 Å². The average molecular weight is 296 g/mol. The van der Waals surface area contributed by atoms with Gasteiger partial charge in [-0.25, -0.2) is 8.42 Å². The number of nitrogens with two attached hydrogens (primary N) is 1. The molecule has 1 aromatic heterocycles. The highest BCUT2D eigenvalue weighted by atomic mass is 32.2. The molecule has 1 aromatic carbocycles. The van der Waals surface area contributed by atoms with Crippen LogP contribution in [-0.2, 0) is 23.1 Å². The van der Waals surface area contributed by atoms with Crippen LogP contribution in [0, 0.1) is 0 Å². The smallest absolute Gasteiger partial charge is 0.252 e. The SMILES string of the molecule is CN(Cc1ccccc1)S(=O)(=O)c1ccc(CN)s1. The number of sulfonamides is 1. The van der Waals surface area contributed by atoms with E-state index in [1.165, 1.54) is 15.6 Å². The summed E-state index contributed by atoms with van der Waals surface area (Å²) in [5.41, 5.74) is 6.47. The molecule has 4 nitrogen and oxygen atoms in total. The van der Waals surface area contributed by atoms with Crippen molar-refractivity contribution in [1.82, 2.24) is 4.31 Å². The van der Waals surface area contributed by atoms with Gasteiger partial charge in [0, 0.05) is 25.0 Å². The Balaban J connectivity index is 2.19. The quantitative estimate of drug-likeness (QED) is 0.918. The first-order chi connectivity index (χ1) is 9.04. The maximum absolute atomic E-state index is 12.4. The molecule has 0 saturated carbocycles. The Hall–Kier alpha value is -1.21. The summed E-state index contributed by atoms with van der Waals surface area (Å²) < 4.78 is 26.4. The molecule has 0 aliphatic rings. The van der Waals surface area contributed by atoms with Crippen molar-refractivity contribution in [2.75, 3.05) is 7.05 Å². The third-order valence-electron chi connectivity index (χ3n) is 2.75. The molecule has 1 heterocycles. The van der Waals surface area contributed by atoms with Crippen molar-refractivity contribution >= 4 is 21.4 Å². The number of hydrogen-bond donors (Lipinski definition) is 1. The molecular weight excluding hydrogens is 280 g/mol. The molecule has 0 amide bonds. The second kappa shape index (κ2) is 5.83. The van der Waals surface area contributed by atoms with Crippen LogP contribution in [0.5, 0.6) is 0 Å². The second-order valence-corrected chi connectivity index (χ2v) is 7.61. The molecule has 0 saturated heterocycles. The van der Waals surface area contributed by atoms with E-state index in [2.05, 4.69) is 0 Å². The van der Waals surface area contributed by atoms with Gasteiger partial charge in [-0.2, -0.15) is 4.31 Å². The highest BCUT2D eigenvalue weighted by molar-refractivity contribution is 7.91.